The first-order valence-corrected chi connectivity index (χ1v) is 6.82. The second-order valence-corrected chi connectivity index (χ2v) is 5.07. The van der Waals surface area contributed by atoms with E-state index >= 15 is 0 Å². The lowest BCUT2D eigenvalue weighted by Gasteiger charge is -2.07. The van der Waals surface area contributed by atoms with Crippen LogP contribution in [0.2, 0.25) is 5.15 Å². The van der Waals surface area contributed by atoms with E-state index in [1.807, 2.05) is 37.5 Å². The lowest BCUT2D eigenvalue weighted by molar-refractivity contribution is 0.0952. The molecule has 0 aliphatic rings. The third-order valence-electron chi connectivity index (χ3n) is 3.20. The monoisotopic (exact) mass is 300 g/mol. The number of hydrogen-bond donors (Lipinski definition) is 1. The minimum absolute atomic E-state index is 0.181. The fourth-order valence-electron chi connectivity index (χ4n) is 2.18. The maximum Gasteiger partial charge on any atom is 0.253 e. The third kappa shape index (κ3) is 2.73. The van der Waals surface area contributed by atoms with Crippen molar-refractivity contribution in [2.24, 2.45) is 7.05 Å². The van der Waals surface area contributed by atoms with Crippen LogP contribution in [0.1, 0.15) is 15.9 Å². The highest BCUT2D eigenvalue weighted by Crippen LogP contribution is 2.24. The Balaban J connectivity index is 1.86. The zero-order valence-electron chi connectivity index (χ0n) is 11.4. The predicted molar refractivity (Wildman–Crippen MR) is 81.1 cm³/mol. The zero-order valence-corrected chi connectivity index (χ0v) is 12.1. The van der Waals surface area contributed by atoms with E-state index in [9.17, 15) is 4.79 Å². The summed E-state index contributed by atoms with van der Waals surface area (Å²) in [5.74, 6) is -0.181. The van der Waals surface area contributed by atoms with Crippen LogP contribution in [-0.2, 0) is 13.6 Å². The van der Waals surface area contributed by atoms with Crippen LogP contribution in [0.5, 0.6) is 0 Å². The average Bonchev–Trinajstić information content (AvgIpc) is 2.91. The van der Waals surface area contributed by atoms with Crippen LogP contribution in [0.15, 0.2) is 42.9 Å². The summed E-state index contributed by atoms with van der Waals surface area (Å²) in [7, 11) is 1.84. The molecule has 0 aliphatic heterocycles. The molecule has 0 saturated carbocycles. The van der Waals surface area contributed by atoms with Gasteiger partial charge < -0.3 is 5.32 Å². The topological polar surface area (TPSA) is 59.8 Å². The van der Waals surface area contributed by atoms with E-state index in [2.05, 4.69) is 15.4 Å². The van der Waals surface area contributed by atoms with Crippen molar-refractivity contribution >= 4 is 28.3 Å². The number of carbonyl (C=O) groups excluding carboxylic acids is 1. The number of halogens is 1. The van der Waals surface area contributed by atoms with Crippen molar-refractivity contribution in [1.82, 2.24) is 20.1 Å². The standard InChI is InChI=1S/C15H13ClN4O/c1-20-9-10(7-19-20)6-18-15(21)13-8-17-14(16)12-5-3-2-4-11(12)13/h2-5,7-9H,6H2,1H3,(H,18,21). The van der Waals surface area contributed by atoms with Crippen LogP contribution in [0.3, 0.4) is 0 Å². The minimum atomic E-state index is -0.181. The van der Waals surface area contributed by atoms with Gasteiger partial charge in [0.1, 0.15) is 5.15 Å². The number of rotatable bonds is 3. The minimum Gasteiger partial charge on any atom is -0.348 e. The molecule has 0 spiro atoms. The Labute approximate surface area is 126 Å². The van der Waals surface area contributed by atoms with Gasteiger partial charge in [-0.3, -0.25) is 9.48 Å². The maximum absolute atomic E-state index is 12.3. The number of pyridine rings is 1. The van der Waals surface area contributed by atoms with E-state index in [1.54, 1.807) is 10.9 Å². The van der Waals surface area contributed by atoms with Crippen LogP contribution < -0.4 is 5.32 Å². The summed E-state index contributed by atoms with van der Waals surface area (Å²) in [6, 6.07) is 7.45. The highest BCUT2D eigenvalue weighted by molar-refractivity contribution is 6.34. The second-order valence-electron chi connectivity index (χ2n) is 4.71. The molecule has 5 nitrogen and oxygen atoms in total. The van der Waals surface area contributed by atoms with Gasteiger partial charge in [-0.25, -0.2) is 4.98 Å². The van der Waals surface area contributed by atoms with E-state index in [4.69, 9.17) is 11.6 Å². The fourth-order valence-corrected chi connectivity index (χ4v) is 2.39. The van der Waals surface area contributed by atoms with Crippen LogP contribution in [0.4, 0.5) is 0 Å². The molecule has 1 aromatic carbocycles. The smallest absolute Gasteiger partial charge is 0.253 e. The van der Waals surface area contributed by atoms with Crippen LogP contribution in [0.25, 0.3) is 10.8 Å². The number of nitrogens with one attached hydrogen (secondary N) is 1. The predicted octanol–water partition coefficient (Wildman–Crippen LogP) is 2.55. The summed E-state index contributed by atoms with van der Waals surface area (Å²) in [6.45, 7) is 0.420. The van der Waals surface area contributed by atoms with E-state index in [0.29, 0.717) is 17.3 Å². The molecule has 6 heteroatoms. The number of nitrogens with zero attached hydrogens (tertiary/aromatic N) is 3. The van der Waals surface area contributed by atoms with Crippen molar-refractivity contribution in [2.75, 3.05) is 0 Å². The Hall–Kier alpha value is -2.40. The van der Waals surface area contributed by atoms with Crippen molar-refractivity contribution in [1.29, 1.82) is 0 Å². The van der Waals surface area contributed by atoms with E-state index in [0.717, 1.165) is 16.3 Å². The van der Waals surface area contributed by atoms with Gasteiger partial charge in [0.15, 0.2) is 0 Å². The Morgan fingerprint density at radius 1 is 1.29 bits per heavy atom. The van der Waals surface area contributed by atoms with Gasteiger partial charge in [0, 0.05) is 36.9 Å². The summed E-state index contributed by atoms with van der Waals surface area (Å²) < 4.78 is 1.70. The summed E-state index contributed by atoms with van der Waals surface area (Å²) in [4.78, 5) is 16.4. The highest BCUT2D eigenvalue weighted by atomic mass is 35.5. The summed E-state index contributed by atoms with van der Waals surface area (Å²) >= 11 is 6.06. The third-order valence-corrected chi connectivity index (χ3v) is 3.50. The number of benzene rings is 1. The normalized spacial score (nSPS) is 10.8. The molecule has 0 unspecified atom stereocenters. The molecule has 2 aromatic heterocycles. The lowest BCUT2D eigenvalue weighted by atomic mass is 10.1. The van der Waals surface area contributed by atoms with Gasteiger partial charge in [-0.1, -0.05) is 35.9 Å². The van der Waals surface area contributed by atoms with E-state index in [1.165, 1.54) is 6.20 Å². The number of aryl methyl sites for hydroxylation is 1. The molecule has 2 heterocycles. The summed E-state index contributed by atoms with van der Waals surface area (Å²) in [6.07, 6.45) is 5.08. The van der Waals surface area contributed by atoms with Crippen LogP contribution in [-0.4, -0.2) is 20.7 Å². The largest absolute Gasteiger partial charge is 0.348 e. The first-order chi connectivity index (χ1) is 10.1. The Morgan fingerprint density at radius 2 is 2.05 bits per heavy atom. The van der Waals surface area contributed by atoms with Crippen LogP contribution in [0, 0.1) is 0 Å². The maximum atomic E-state index is 12.3. The number of hydrogen-bond acceptors (Lipinski definition) is 3. The molecular weight excluding hydrogens is 288 g/mol. The number of aromatic nitrogens is 3. The first kappa shape index (κ1) is 13.6. The Bertz CT molecular complexity index is 812. The highest BCUT2D eigenvalue weighted by Gasteiger charge is 2.12. The molecule has 1 amide bonds. The molecule has 0 atom stereocenters. The number of amides is 1. The van der Waals surface area contributed by atoms with Gasteiger partial charge in [-0.2, -0.15) is 5.10 Å². The van der Waals surface area contributed by atoms with Gasteiger partial charge in [-0.15, -0.1) is 0 Å². The molecule has 3 rings (SSSR count). The molecule has 106 valence electrons. The number of fused-ring (bicyclic) bond motifs is 1. The van der Waals surface area contributed by atoms with Gasteiger partial charge >= 0.3 is 0 Å². The van der Waals surface area contributed by atoms with Crippen molar-refractivity contribution in [3.8, 4) is 0 Å². The summed E-state index contributed by atoms with van der Waals surface area (Å²) in [5.41, 5.74) is 1.45. The molecule has 3 aromatic rings. The van der Waals surface area contributed by atoms with Gasteiger partial charge in [0.05, 0.1) is 11.8 Å². The average molecular weight is 301 g/mol. The quantitative estimate of drug-likeness (QED) is 0.756. The zero-order chi connectivity index (χ0) is 14.8. The molecular formula is C15H13ClN4O. The Kier molecular flexibility index (Phi) is 3.58. The number of carbonyl (C=O) groups is 1. The molecule has 0 radical (unpaired) electrons. The molecule has 0 bridgehead atoms. The lowest BCUT2D eigenvalue weighted by Crippen LogP contribution is -2.23. The fraction of sp³-hybridized carbons (Fsp3) is 0.133. The molecule has 0 aliphatic carbocycles. The van der Waals surface area contributed by atoms with Gasteiger partial charge in [0.2, 0.25) is 0 Å². The molecule has 0 fully saturated rings. The van der Waals surface area contributed by atoms with Gasteiger partial charge in [0.25, 0.3) is 5.91 Å². The van der Waals surface area contributed by atoms with Crippen molar-refractivity contribution in [3.63, 3.8) is 0 Å². The van der Waals surface area contributed by atoms with E-state index < -0.39 is 0 Å². The summed E-state index contributed by atoms with van der Waals surface area (Å²) in [5, 5.41) is 8.89. The second kappa shape index (κ2) is 5.54. The van der Waals surface area contributed by atoms with Crippen molar-refractivity contribution in [3.05, 3.63) is 59.1 Å². The molecule has 21 heavy (non-hydrogen) atoms. The van der Waals surface area contributed by atoms with Gasteiger partial charge in [-0.05, 0) is 5.39 Å². The van der Waals surface area contributed by atoms with Crippen LogP contribution >= 0.6 is 11.6 Å². The molecule has 0 saturated heterocycles. The SMILES string of the molecule is Cn1cc(CNC(=O)c2cnc(Cl)c3ccccc23)cn1. The molecule has 1 N–H and O–H groups in total. The van der Waals surface area contributed by atoms with E-state index in [-0.39, 0.29) is 5.91 Å². The van der Waals surface area contributed by atoms with Crippen molar-refractivity contribution < 1.29 is 4.79 Å². The first-order valence-electron chi connectivity index (χ1n) is 6.44. The van der Waals surface area contributed by atoms with Crippen molar-refractivity contribution in [2.45, 2.75) is 6.54 Å². The Morgan fingerprint density at radius 3 is 2.76 bits per heavy atom.